The molecule has 0 fully saturated rings. The highest BCUT2D eigenvalue weighted by Gasteiger charge is 2.07. The Labute approximate surface area is 59.3 Å². The third-order valence-corrected chi connectivity index (χ3v) is 0.789. The summed E-state index contributed by atoms with van der Waals surface area (Å²) in [6, 6.07) is 0. The second-order valence-corrected chi connectivity index (χ2v) is 2.39. The number of carbonyl (C=O) groups excluding carboxylic acids is 2. The predicted octanol–water partition coefficient (Wildman–Crippen LogP) is 0.654. The van der Waals surface area contributed by atoms with E-state index in [4.69, 9.17) is 0 Å². The summed E-state index contributed by atoms with van der Waals surface area (Å²) in [5.41, 5.74) is 4.59. The van der Waals surface area contributed by atoms with Gasteiger partial charge < -0.3 is 10.5 Å². The maximum absolute atomic E-state index is 10.5. The van der Waals surface area contributed by atoms with Crippen LogP contribution in [0.2, 0.25) is 0 Å². The number of amides is 1. The van der Waals surface area contributed by atoms with Crippen molar-refractivity contribution in [3.63, 3.8) is 0 Å². The molecule has 4 heteroatoms. The minimum Gasteiger partial charge on any atom is -0.376 e. The van der Waals surface area contributed by atoms with Crippen LogP contribution < -0.4 is 5.73 Å². The lowest BCUT2D eigenvalue weighted by Crippen LogP contribution is -2.19. The van der Waals surface area contributed by atoms with Gasteiger partial charge in [0.05, 0.1) is 0 Å². The Bertz CT molecular complexity index is 142. The van der Waals surface area contributed by atoms with Crippen LogP contribution in [0.15, 0.2) is 0 Å². The molecular formula is C6H11NO3. The van der Waals surface area contributed by atoms with Gasteiger partial charge in [-0.05, 0) is 5.92 Å². The molecule has 0 radical (unpaired) electrons. The summed E-state index contributed by atoms with van der Waals surface area (Å²) in [5.74, 6) is -0.380. The highest BCUT2D eigenvalue weighted by molar-refractivity contribution is 5.83. The molecule has 0 aromatic rings. The second kappa shape index (κ2) is 3.87. The Balaban J connectivity index is 3.54. The van der Waals surface area contributed by atoms with Crippen LogP contribution in [0.25, 0.3) is 0 Å². The lowest BCUT2D eigenvalue weighted by atomic mass is 10.1. The average molecular weight is 145 g/mol. The van der Waals surface area contributed by atoms with Crippen molar-refractivity contribution in [3.8, 4) is 0 Å². The van der Waals surface area contributed by atoms with Gasteiger partial charge in [0.1, 0.15) is 0 Å². The molecule has 2 N–H and O–H groups in total. The van der Waals surface area contributed by atoms with Crippen molar-refractivity contribution in [2.24, 2.45) is 11.7 Å². The van der Waals surface area contributed by atoms with Crippen molar-refractivity contribution in [2.45, 2.75) is 20.3 Å². The monoisotopic (exact) mass is 145 g/mol. The van der Waals surface area contributed by atoms with Gasteiger partial charge in [-0.1, -0.05) is 13.8 Å². The van der Waals surface area contributed by atoms with E-state index in [-0.39, 0.29) is 12.3 Å². The first-order chi connectivity index (χ1) is 4.52. The highest BCUT2D eigenvalue weighted by atomic mass is 16.6. The standard InChI is InChI=1S/C6H11NO3/c1-4(2)3-5(8)10-6(7)9/h4H,3H2,1-2H3,(H2,7,9). The summed E-state index contributed by atoms with van der Waals surface area (Å²) < 4.78 is 4.06. The van der Waals surface area contributed by atoms with Gasteiger partial charge in [0.2, 0.25) is 0 Å². The molecule has 1 amide bonds. The van der Waals surface area contributed by atoms with Crippen LogP contribution in [0.4, 0.5) is 4.79 Å². The maximum atomic E-state index is 10.5. The van der Waals surface area contributed by atoms with E-state index in [9.17, 15) is 9.59 Å². The summed E-state index contributed by atoms with van der Waals surface area (Å²) in [4.78, 5) is 20.5. The van der Waals surface area contributed by atoms with E-state index in [0.29, 0.717) is 0 Å². The Kier molecular flexibility index (Phi) is 3.46. The smallest absolute Gasteiger partial charge is 0.376 e. The number of primary amides is 1. The molecule has 0 aromatic carbocycles. The fraction of sp³-hybridized carbons (Fsp3) is 0.667. The van der Waals surface area contributed by atoms with Crippen LogP contribution in [0.1, 0.15) is 20.3 Å². The number of ether oxygens (including phenoxy) is 1. The number of esters is 1. The van der Waals surface area contributed by atoms with Gasteiger partial charge in [-0.2, -0.15) is 0 Å². The molecule has 0 atom stereocenters. The summed E-state index contributed by atoms with van der Waals surface area (Å²) in [6.07, 6.45) is -0.811. The molecule has 0 saturated carbocycles. The summed E-state index contributed by atoms with van der Waals surface area (Å²) in [5, 5.41) is 0. The molecule has 58 valence electrons. The molecule has 0 saturated heterocycles. The van der Waals surface area contributed by atoms with Crippen molar-refractivity contribution < 1.29 is 14.3 Å². The third-order valence-electron chi connectivity index (χ3n) is 0.789. The van der Waals surface area contributed by atoms with E-state index in [1.54, 1.807) is 0 Å². The van der Waals surface area contributed by atoms with Crippen molar-refractivity contribution >= 4 is 12.1 Å². The largest absolute Gasteiger partial charge is 0.412 e. The Morgan fingerprint density at radius 2 is 2.00 bits per heavy atom. The second-order valence-electron chi connectivity index (χ2n) is 2.39. The molecule has 0 bridgehead atoms. The SMILES string of the molecule is CC(C)CC(=O)OC(N)=O. The van der Waals surface area contributed by atoms with E-state index in [0.717, 1.165) is 0 Å². The normalized spacial score (nSPS) is 9.50. The van der Waals surface area contributed by atoms with Crippen LogP contribution in [-0.2, 0) is 9.53 Å². The molecule has 10 heavy (non-hydrogen) atoms. The van der Waals surface area contributed by atoms with Crippen molar-refractivity contribution in [1.82, 2.24) is 0 Å². The maximum Gasteiger partial charge on any atom is 0.412 e. The molecule has 0 aliphatic heterocycles. The number of hydrogen-bond donors (Lipinski definition) is 1. The van der Waals surface area contributed by atoms with Gasteiger partial charge in [-0.15, -0.1) is 0 Å². The van der Waals surface area contributed by atoms with Gasteiger partial charge >= 0.3 is 12.1 Å². The van der Waals surface area contributed by atoms with Crippen LogP contribution in [0, 0.1) is 5.92 Å². The number of rotatable bonds is 2. The zero-order valence-corrected chi connectivity index (χ0v) is 6.09. The zero-order chi connectivity index (χ0) is 8.15. The third kappa shape index (κ3) is 5.08. The van der Waals surface area contributed by atoms with Gasteiger partial charge in [0.25, 0.3) is 0 Å². The Hall–Kier alpha value is -1.06. The summed E-state index contributed by atoms with van der Waals surface area (Å²) in [6.45, 7) is 3.70. The van der Waals surface area contributed by atoms with Gasteiger partial charge in [-0.3, -0.25) is 4.79 Å². The minimum absolute atomic E-state index is 0.187. The molecule has 0 aliphatic carbocycles. The molecule has 0 aliphatic rings. The van der Waals surface area contributed by atoms with Crippen LogP contribution in [-0.4, -0.2) is 12.1 Å². The Morgan fingerprint density at radius 1 is 1.50 bits per heavy atom. The molecule has 0 rings (SSSR count). The van der Waals surface area contributed by atoms with Crippen LogP contribution in [0.3, 0.4) is 0 Å². The molecule has 4 nitrogen and oxygen atoms in total. The van der Waals surface area contributed by atoms with Crippen LogP contribution >= 0.6 is 0 Å². The molecule has 0 spiro atoms. The average Bonchev–Trinajstić information content (AvgIpc) is 1.58. The van der Waals surface area contributed by atoms with Crippen LogP contribution in [0.5, 0.6) is 0 Å². The van der Waals surface area contributed by atoms with Gasteiger partial charge in [0.15, 0.2) is 0 Å². The first-order valence-electron chi connectivity index (χ1n) is 3.02. The van der Waals surface area contributed by atoms with Crippen molar-refractivity contribution in [1.29, 1.82) is 0 Å². The first kappa shape index (κ1) is 8.94. The quantitative estimate of drug-likeness (QED) is 0.458. The summed E-state index contributed by atoms with van der Waals surface area (Å²) in [7, 11) is 0. The van der Waals surface area contributed by atoms with E-state index in [1.165, 1.54) is 0 Å². The van der Waals surface area contributed by atoms with Crippen molar-refractivity contribution in [3.05, 3.63) is 0 Å². The summed E-state index contributed by atoms with van der Waals surface area (Å²) >= 11 is 0. The van der Waals surface area contributed by atoms with E-state index < -0.39 is 12.1 Å². The fourth-order valence-electron chi connectivity index (χ4n) is 0.487. The van der Waals surface area contributed by atoms with Gasteiger partial charge in [0, 0.05) is 6.42 Å². The number of hydrogen-bond acceptors (Lipinski definition) is 3. The number of carbonyl (C=O) groups is 2. The van der Waals surface area contributed by atoms with E-state index >= 15 is 0 Å². The molecular weight excluding hydrogens is 134 g/mol. The lowest BCUT2D eigenvalue weighted by Gasteiger charge is -2.00. The van der Waals surface area contributed by atoms with Gasteiger partial charge in [-0.25, -0.2) is 4.79 Å². The molecule has 0 unspecified atom stereocenters. The van der Waals surface area contributed by atoms with E-state index in [2.05, 4.69) is 10.5 Å². The van der Waals surface area contributed by atoms with Crippen molar-refractivity contribution in [2.75, 3.05) is 0 Å². The zero-order valence-electron chi connectivity index (χ0n) is 6.09. The minimum atomic E-state index is -1.04. The highest BCUT2D eigenvalue weighted by Crippen LogP contribution is 2.00. The molecule has 0 aromatic heterocycles. The lowest BCUT2D eigenvalue weighted by molar-refractivity contribution is -0.137. The Morgan fingerprint density at radius 3 is 2.30 bits per heavy atom. The fourth-order valence-corrected chi connectivity index (χ4v) is 0.487. The predicted molar refractivity (Wildman–Crippen MR) is 35.1 cm³/mol. The first-order valence-corrected chi connectivity index (χ1v) is 3.02. The number of nitrogens with two attached hydrogens (primary N) is 1. The van der Waals surface area contributed by atoms with E-state index in [1.807, 2.05) is 13.8 Å². The molecule has 0 heterocycles. The topological polar surface area (TPSA) is 69.4 Å².